The average Bonchev–Trinajstić information content (AvgIpc) is 2.18. The number of Topliss-reactive ketones (excluding diaryl/α,β-unsaturated/α-hetero) is 1. The van der Waals surface area contributed by atoms with Gasteiger partial charge in [0, 0.05) is 6.08 Å². The van der Waals surface area contributed by atoms with Crippen molar-refractivity contribution in [3.63, 3.8) is 0 Å². The summed E-state index contributed by atoms with van der Waals surface area (Å²) < 4.78 is 0. The van der Waals surface area contributed by atoms with E-state index in [1.54, 1.807) is 0 Å². The van der Waals surface area contributed by atoms with Crippen LogP contribution in [0.25, 0.3) is 0 Å². The highest BCUT2D eigenvalue weighted by molar-refractivity contribution is 6.49. The van der Waals surface area contributed by atoms with E-state index in [1.807, 2.05) is 0 Å². The lowest BCUT2D eigenvalue weighted by Gasteiger charge is -2.13. The summed E-state index contributed by atoms with van der Waals surface area (Å²) in [5.41, 5.74) is -0.447. The van der Waals surface area contributed by atoms with Gasteiger partial charge in [0.05, 0.1) is 16.2 Å². The summed E-state index contributed by atoms with van der Waals surface area (Å²) in [6.45, 7) is 0. The van der Waals surface area contributed by atoms with E-state index in [0.29, 0.717) is 0 Å². The highest BCUT2D eigenvalue weighted by atomic mass is 35.5. The molecule has 0 bridgehead atoms. The van der Waals surface area contributed by atoms with Crippen molar-refractivity contribution in [2.45, 2.75) is 0 Å². The van der Waals surface area contributed by atoms with Crippen LogP contribution in [0.5, 0.6) is 11.5 Å². The minimum atomic E-state index is -0.667. The van der Waals surface area contributed by atoms with E-state index in [4.69, 9.17) is 11.6 Å². The van der Waals surface area contributed by atoms with E-state index < -0.39 is 11.6 Å². The van der Waals surface area contributed by atoms with Crippen LogP contribution >= 0.6 is 11.6 Å². The Morgan fingerprint density at radius 1 is 1.00 bits per heavy atom. The number of ketones is 2. The number of rotatable bonds is 0. The van der Waals surface area contributed by atoms with Crippen LogP contribution in [0.2, 0.25) is 0 Å². The molecule has 0 amide bonds. The first kappa shape index (κ1) is 9.73. The van der Waals surface area contributed by atoms with E-state index >= 15 is 0 Å². The van der Waals surface area contributed by atoms with Gasteiger partial charge in [0.1, 0.15) is 11.5 Å². The van der Waals surface area contributed by atoms with Gasteiger partial charge in [-0.25, -0.2) is 0 Å². The Hall–Kier alpha value is -1.81. The summed E-state index contributed by atoms with van der Waals surface area (Å²) in [4.78, 5) is 22.9. The molecule has 76 valence electrons. The zero-order chi connectivity index (χ0) is 11.2. The second-order valence-corrected chi connectivity index (χ2v) is 3.45. The number of aromatic hydroxyl groups is 2. The molecule has 15 heavy (non-hydrogen) atoms. The Kier molecular flexibility index (Phi) is 2.01. The molecule has 0 saturated heterocycles. The number of carbonyl (C=O) groups excluding carboxylic acids is 2. The highest BCUT2D eigenvalue weighted by Crippen LogP contribution is 2.35. The van der Waals surface area contributed by atoms with E-state index in [-0.39, 0.29) is 27.7 Å². The maximum atomic E-state index is 11.5. The van der Waals surface area contributed by atoms with E-state index in [0.717, 1.165) is 18.2 Å². The second-order valence-electron chi connectivity index (χ2n) is 3.04. The lowest BCUT2D eigenvalue weighted by molar-refractivity contribution is 0.0985. The SMILES string of the molecule is O=C1C=C(Cl)C(=O)c2c(O)ccc(O)c21. The van der Waals surface area contributed by atoms with Crippen molar-refractivity contribution >= 4 is 23.2 Å². The number of hydrogen-bond donors (Lipinski definition) is 2. The van der Waals surface area contributed by atoms with Crippen molar-refractivity contribution in [3.05, 3.63) is 34.4 Å². The van der Waals surface area contributed by atoms with Crippen molar-refractivity contribution in [2.24, 2.45) is 0 Å². The Bertz CT molecular complexity index is 516. The van der Waals surface area contributed by atoms with E-state index in [1.165, 1.54) is 0 Å². The molecule has 2 rings (SSSR count). The summed E-state index contributed by atoms with van der Waals surface area (Å²) >= 11 is 5.51. The van der Waals surface area contributed by atoms with E-state index in [9.17, 15) is 19.8 Å². The summed E-state index contributed by atoms with van der Waals surface area (Å²) in [5.74, 6) is -1.98. The third-order valence-electron chi connectivity index (χ3n) is 2.11. The third kappa shape index (κ3) is 1.30. The van der Waals surface area contributed by atoms with Crippen molar-refractivity contribution < 1.29 is 19.8 Å². The van der Waals surface area contributed by atoms with Crippen LogP contribution in [-0.2, 0) is 0 Å². The number of allylic oxidation sites excluding steroid dienone is 2. The molecule has 5 heteroatoms. The van der Waals surface area contributed by atoms with Crippen LogP contribution < -0.4 is 0 Å². The number of phenolic OH excluding ortho intramolecular Hbond substituents is 2. The quantitative estimate of drug-likeness (QED) is 0.657. The molecule has 0 fully saturated rings. The lowest BCUT2D eigenvalue weighted by Crippen LogP contribution is -2.14. The zero-order valence-electron chi connectivity index (χ0n) is 7.32. The first-order valence-corrected chi connectivity index (χ1v) is 4.41. The molecular formula is C10H5ClO4. The fourth-order valence-corrected chi connectivity index (χ4v) is 1.63. The van der Waals surface area contributed by atoms with Gasteiger partial charge in [-0.3, -0.25) is 9.59 Å². The Balaban J connectivity index is 2.82. The van der Waals surface area contributed by atoms with Crippen LogP contribution in [0, 0.1) is 0 Å². The van der Waals surface area contributed by atoms with Crippen molar-refractivity contribution in [3.8, 4) is 11.5 Å². The van der Waals surface area contributed by atoms with Crippen LogP contribution in [0.1, 0.15) is 20.7 Å². The van der Waals surface area contributed by atoms with Crippen LogP contribution in [0.3, 0.4) is 0 Å². The molecule has 0 heterocycles. The molecule has 1 aromatic carbocycles. The number of fused-ring (bicyclic) bond motifs is 1. The normalized spacial score (nSPS) is 14.9. The van der Waals surface area contributed by atoms with Gasteiger partial charge in [0.25, 0.3) is 0 Å². The Morgan fingerprint density at radius 2 is 1.53 bits per heavy atom. The standard InChI is InChI=1S/C10H5ClO4/c11-4-3-7(14)8-5(12)1-2-6(13)9(8)10(4)15/h1-3,12-13H. The largest absolute Gasteiger partial charge is 0.507 e. The van der Waals surface area contributed by atoms with Crippen molar-refractivity contribution in [2.75, 3.05) is 0 Å². The summed E-state index contributed by atoms with van der Waals surface area (Å²) in [5, 5.41) is 18.5. The summed E-state index contributed by atoms with van der Waals surface area (Å²) in [6.07, 6.45) is 0.922. The molecule has 0 spiro atoms. The molecular weight excluding hydrogens is 220 g/mol. The van der Waals surface area contributed by atoms with Gasteiger partial charge >= 0.3 is 0 Å². The van der Waals surface area contributed by atoms with Gasteiger partial charge in [-0.15, -0.1) is 0 Å². The number of halogens is 1. The molecule has 0 aliphatic heterocycles. The predicted molar refractivity (Wildman–Crippen MR) is 52.4 cm³/mol. The molecule has 1 aliphatic carbocycles. The van der Waals surface area contributed by atoms with Gasteiger partial charge in [-0.05, 0) is 12.1 Å². The topological polar surface area (TPSA) is 74.6 Å². The molecule has 0 aromatic heterocycles. The average molecular weight is 225 g/mol. The van der Waals surface area contributed by atoms with Gasteiger partial charge < -0.3 is 10.2 Å². The van der Waals surface area contributed by atoms with Gasteiger partial charge in [-0.2, -0.15) is 0 Å². The molecule has 0 atom stereocenters. The lowest BCUT2D eigenvalue weighted by atomic mass is 9.93. The monoisotopic (exact) mass is 224 g/mol. The summed E-state index contributed by atoms with van der Waals surface area (Å²) in [6, 6.07) is 2.28. The second kappa shape index (κ2) is 3.10. The fraction of sp³-hybridized carbons (Fsp3) is 0. The zero-order valence-corrected chi connectivity index (χ0v) is 8.08. The maximum Gasteiger partial charge on any atom is 0.209 e. The van der Waals surface area contributed by atoms with Gasteiger partial charge in [0.15, 0.2) is 5.78 Å². The number of benzene rings is 1. The Morgan fingerprint density at radius 3 is 2.13 bits per heavy atom. The number of carbonyl (C=O) groups is 2. The summed E-state index contributed by atoms with van der Waals surface area (Å²) in [7, 11) is 0. The van der Waals surface area contributed by atoms with Crippen LogP contribution in [0.15, 0.2) is 23.2 Å². The highest BCUT2D eigenvalue weighted by Gasteiger charge is 2.29. The molecule has 2 N–H and O–H groups in total. The smallest absolute Gasteiger partial charge is 0.209 e. The minimum Gasteiger partial charge on any atom is -0.507 e. The van der Waals surface area contributed by atoms with Crippen LogP contribution in [0.4, 0.5) is 0 Å². The fourth-order valence-electron chi connectivity index (χ4n) is 1.43. The third-order valence-corrected chi connectivity index (χ3v) is 2.39. The van der Waals surface area contributed by atoms with Gasteiger partial charge in [0.2, 0.25) is 5.78 Å². The number of hydrogen-bond acceptors (Lipinski definition) is 4. The number of phenols is 2. The molecule has 1 aliphatic rings. The molecule has 0 unspecified atom stereocenters. The van der Waals surface area contributed by atoms with Crippen LogP contribution in [-0.4, -0.2) is 21.8 Å². The van der Waals surface area contributed by atoms with Crippen molar-refractivity contribution in [1.29, 1.82) is 0 Å². The van der Waals surface area contributed by atoms with Gasteiger partial charge in [-0.1, -0.05) is 11.6 Å². The molecule has 4 nitrogen and oxygen atoms in total. The molecule has 0 saturated carbocycles. The first-order chi connectivity index (χ1) is 7.02. The van der Waals surface area contributed by atoms with Crippen molar-refractivity contribution in [1.82, 2.24) is 0 Å². The Labute approximate surface area is 89.4 Å². The minimum absolute atomic E-state index is 0.204. The maximum absolute atomic E-state index is 11.5. The molecule has 1 aromatic rings. The molecule has 0 radical (unpaired) electrons. The predicted octanol–water partition coefficient (Wildman–Crippen LogP) is 1.60. The first-order valence-electron chi connectivity index (χ1n) is 4.03. The van der Waals surface area contributed by atoms with E-state index in [2.05, 4.69) is 0 Å².